The summed E-state index contributed by atoms with van der Waals surface area (Å²) in [7, 11) is -2.45. The van der Waals surface area contributed by atoms with Gasteiger partial charge in [0.2, 0.25) is 15.9 Å². The minimum absolute atomic E-state index is 0.0270. The van der Waals surface area contributed by atoms with Crippen LogP contribution in [0.15, 0.2) is 23.1 Å². The smallest absolute Gasteiger partial charge is 0.251 e. The van der Waals surface area contributed by atoms with Gasteiger partial charge in [0, 0.05) is 37.7 Å². The van der Waals surface area contributed by atoms with Crippen LogP contribution in [0.2, 0.25) is 0 Å². The number of ether oxygens (including phenoxy) is 1. The summed E-state index contributed by atoms with van der Waals surface area (Å²) in [4.78, 5) is 26.3. The van der Waals surface area contributed by atoms with Gasteiger partial charge in [0.25, 0.3) is 5.91 Å². The molecule has 2 amide bonds. The molecule has 0 radical (unpaired) electrons. The molecule has 0 unspecified atom stereocenters. The predicted molar refractivity (Wildman–Crippen MR) is 106 cm³/mol. The van der Waals surface area contributed by atoms with E-state index in [2.05, 4.69) is 10.0 Å². The number of carbonyl (C=O) groups is 2. The molecule has 0 atom stereocenters. The second kappa shape index (κ2) is 9.88. The van der Waals surface area contributed by atoms with E-state index in [1.165, 1.54) is 25.3 Å². The quantitative estimate of drug-likeness (QED) is 0.675. The normalized spacial score (nSPS) is 14.8. The third-order valence-electron chi connectivity index (χ3n) is 4.44. The number of amides is 2. The van der Waals surface area contributed by atoms with Crippen LogP contribution in [0.25, 0.3) is 0 Å². The van der Waals surface area contributed by atoms with Crippen molar-refractivity contribution in [1.82, 2.24) is 14.9 Å². The number of nitrogens with one attached hydrogen (secondary N) is 2. The highest BCUT2D eigenvalue weighted by Gasteiger charge is 2.23. The maximum Gasteiger partial charge on any atom is 0.251 e. The zero-order valence-corrected chi connectivity index (χ0v) is 17.5. The number of rotatable bonds is 8. The standard InChI is InChI=1S/C19H29N3O5S/c1-14(2)21-28(25,26)17-13-15(7-8-16(17)27-3)19(24)20-10-9-18(23)22-11-5-4-6-12-22/h7-8,13-14,21H,4-6,9-12H2,1-3H3,(H,20,24). The molecule has 8 nitrogen and oxygen atoms in total. The maximum atomic E-state index is 12.5. The van der Waals surface area contributed by atoms with Crippen LogP contribution in [-0.4, -0.2) is 57.9 Å². The lowest BCUT2D eigenvalue weighted by Gasteiger charge is -2.26. The van der Waals surface area contributed by atoms with Gasteiger partial charge < -0.3 is 15.0 Å². The van der Waals surface area contributed by atoms with E-state index in [0.29, 0.717) is 0 Å². The van der Waals surface area contributed by atoms with E-state index in [1.807, 2.05) is 4.90 Å². The number of likely N-dealkylation sites (tertiary alicyclic amines) is 1. The summed E-state index contributed by atoms with van der Waals surface area (Å²) in [5, 5.41) is 2.68. The number of sulfonamides is 1. The summed E-state index contributed by atoms with van der Waals surface area (Å²) >= 11 is 0. The average molecular weight is 412 g/mol. The Morgan fingerprint density at radius 3 is 2.46 bits per heavy atom. The Morgan fingerprint density at radius 2 is 1.86 bits per heavy atom. The molecular formula is C19H29N3O5S. The maximum absolute atomic E-state index is 12.5. The lowest BCUT2D eigenvalue weighted by atomic mass is 10.1. The van der Waals surface area contributed by atoms with E-state index in [0.717, 1.165) is 32.4 Å². The Hall–Kier alpha value is -2.13. The van der Waals surface area contributed by atoms with Crippen molar-refractivity contribution in [3.8, 4) is 5.75 Å². The van der Waals surface area contributed by atoms with Crippen molar-refractivity contribution >= 4 is 21.8 Å². The summed E-state index contributed by atoms with van der Waals surface area (Å²) in [6.45, 7) is 5.16. The molecule has 156 valence electrons. The fourth-order valence-corrected chi connectivity index (χ4v) is 4.53. The molecule has 0 spiro atoms. The molecule has 2 N–H and O–H groups in total. The van der Waals surface area contributed by atoms with Gasteiger partial charge in [-0.2, -0.15) is 0 Å². The van der Waals surface area contributed by atoms with Crippen molar-refractivity contribution in [1.29, 1.82) is 0 Å². The number of carbonyl (C=O) groups excluding carboxylic acids is 2. The minimum Gasteiger partial charge on any atom is -0.495 e. The Labute approximate surface area is 166 Å². The van der Waals surface area contributed by atoms with Crippen molar-refractivity contribution in [3.63, 3.8) is 0 Å². The fourth-order valence-electron chi connectivity index (χ4n) is 3.09. The van der Waals surface area contributed by atoms with Gasteiger partial charge in [-0.25, -0.2) is 13.1 Å². The molecule has 0 aromatic heterocycles. The van der Waals surface area contributed by atoms with Crippen LogP contribution in [0.1, 0.15) is 49.9 Å². The number of hydrogen-bond donors (Lipinski definition) is 2. The predicted octanol–water partition coefficient (Wildman–Crippen LogP) is 1.51. The summed E-state index contributed by atoms with van der Waals surface area (Å²) in [6, 6.07) is 3.93. The van der Waals surface area contributed by atoms with Crippen LogP contribution >= 0.6 is 0 Å². The van der Waals surface area contributed by atoms with E-state index >= 15 is 0 Å². The van der Waals surface area contributed by atoms with E-state index in [9.17, 15) is 18.0 Å². The number of methoxy groups -OCH3 is 1. The molecule has 1 aliphatic rings. The SMILES string of the molecule is COc1ccc(C(=O)NCCC(=O)N2CCCCC2)cc1S(=O)(=O)NC(C)C. The molecule has 9 heteroatoms. The highest BCUT2D eigenvalue weighted by atomic mass is 32.2. The zero-order chi connectivity index (χ0) is 20.7. The molecule has 1 saturated heterocycles. The van der Waals surface area contributed by atoms with Crippen LogP contribution in [0.3, 0.4) is 0 Å². The van der Waals surface area contributed by atoms with Gasteiger partial charge in [-0.3, -0.25) is 9.59 Å². The first-order valence-corrected chi connectivity index (χ1v) is 11.0. The Bertz CT molecular complexity index is 802. The van der Waals surface area contributed by atoms with Crippen molar-refractivity contribution in [2.24, 2.45) is 0 Å². The van der Waals surface area contributed by atoms with Gasteiger partial charge in [-0.05, 0) is 51.3 Å². The third-order valence-corrected chi connectivity index (χ3v) is 6.12. The second-order valence-corrected chi connectivity index (χ2v) is 8.77. The number of piperidine rings is 1. The molecule has 0 bridgehead atoms. The van der Waals surface area contributed by atoms with Gasteiger partial charge in [-0.1, -0.05) is 0 Å². The lowest BCUT2D eigenvalue weighted by Crippen LogP contribution is -2.37. The summed E-state index contributed by atoms with van der Waals surface area (Å²) in [5.41, 5.74) is 0.190. The first-order chi connectivity index (χ1) is 13.2. The number of nitrogens with zero attached hydrogens (tertiary/aromatic N) is 1. The fraction of sp³-hybridized carbons (Fsp3) is 0.579. The number of benzene rings is 1. The molecule has 2 rings (SSSR count). The molecular weight excluding hydrogens is 382 g/mol. The molecule has 0 saturated carbocycles. The lowest BCUT2D eigenvalue weighted by molar-refractivity contribution is -0.131. The van der Waals surface area contributed by atoms with Crippen LogP contribution in [-0.2, 0) is 14.8 Å². The van der Waals surface area contributed by atoms with Crippen LogP contribution < -0.4 is 14.8 Å². The number of hydrogen-bond acceptors (Lipinski definition) is 5. The summed E-state index contributed by atoms with van der Waals surface area (Å²) in [5.74, 6) is -0.251. The Balaban J connectivity index is 2.03. The van der Waals surface area contributed by atoms with Crippen LogP contribution in [0.4, 0.5) is 0 Å². The first-order valence-electron chi connectivity index (χ1n) is 9.51. The molecule has 1 fully saturated rings. The minimum atomic E-state index is -3.82. The average Bonchev–Trinajstić information content (AvgIpc) is 2.67. The van der Waals surface area contributed by atoms with Crippen LogP contribution in [0, 0.1) is 0 Å². The zero-order valence-electron chi connectivity index (χ0n) is 16.7. The third kappa shape index (κ3) is 5.93. The molecule has 1 aromatic carbocycles. The molecule has 0 aliphatic carbocycles. The van der Waals surface area contributed by atoms with Crippen molar-refractivity contribution in [3.05, 3.63) is 23.8 Å². The van der Waals surface area contributed by atoms with Gasteiger partial charge in [0.15, 0.2) is 0 Å². The van der Waals surface area contributed by atoms with E-state index < -0.39 is 15.9 Å². The van der Waals surface area contributed by atoms with Gasteiger partial charge >= 0.3 is 0 Å². The Morgan fingerprint density at radius 1 is 1.18 bits per heavy atom. The Kier molecular flexibility index (Phi) is 7.82. The van der Waals surface area contributed by atoms with Crippen LogP contribution in [0.5, 0.6) is 5.75 Å². The first kappa shape index (κ1) is 22.2. The van der Waals surface area contributed by atoms with Crippen molar-refractivity contribution < 1.29 is 22.7 Å². The van der Waals surface area contributed by atoms with Gasteiger partial charge in [0.05, 0.1) is 7.11 Å². The van der Waals surface area contributed by atoms with Crippen molar-refractivity contribution in [2.75, 3.05) is 26.7 Å². The van der Waals surface area contributed by atoms with Gasteiger partial charge in [0.1, 0.15) is 10.6 Å². The molecule has 1 aliphatic heterocycles. The van der Waals surface area contributed by atoms with Crippen molar-refractivity contribution in [2.45, 2.75) is 50.5 Å². The van der Waals surface area contributed by atoms with E-state index in [-0.39, 0.29) is 41.1 Å². The monoisotopic (exact) mass is 411 g/mol. The highest BCUT2D eigenvalue weighted by molar-refractivity contribution is 7.89. The van der Waals surface area contributed by atoms with Gasteiger partial charge in [-0.15, -0.1) is 0 Å². The van der Waals surface area contributed by atoms with E-state index in [1.54, 1.807) is 13.8 Å². The molecule has 1 heterocycles. The largest absolute Gasteiger partial charge is 0.495 e. The summed E-state index contributed by atoms with van der Waals surface area (Å²) < 4.78 is 32.6. The second-order valence-electron chi connectivity index (χ2n) is 7.09. The molecule has 28 heavy (non-hydrogen) atoms. The van der Waals surface area contributed by atoms with E-state index in [4.69, 9.17) is 4.74 Å². The molecule has 1 aromatic rings. The highest BCUT2D eigenvalue weighted by Crippen LogP contribution is 2.25. The topological polar surface area (TPSA) is 105 Å². The summed E-state index contributed by atoms with van der Waals surface area (Å²) in [6.07, 6.45) is 3.41.